The number of hydrogen-bond acceptors (Lipinski definition) is 6. The molecule has 3 atom stereocenters. The van der Waals surface area contributed by atoms with E-state index >= 15 is 0 Å². The lowest BCUT2D eigenvalue weighted by Gasteiger charge is -2.26. The van der Waals surface area contributed by atoms with Gasteiger partial charge in [0.25, 0.3) is 5.91 Å². The molecule has 3 aromatic rings. The number of rotatable bonds is 11. The zero-order chi connectivity index (χ0) is 28.9. The number of aromatic nitrogens is 3. The lowest BCUT2D eigenvalue weighted by atomic mass is 9.89. The van der Waals surface area contributed by atoms with Crippen LogP contribution in [0.5, 0.6) is 0 Å². The highest BCUT2D eigenvalue weighted by molar-refractivity contribution is 5.92. The minimum atomic E-state index is -4.51. The van der Waals surface area contributed by atoms with E-state index in [0.717, 1.165) is 30.6 Å². The van der Waals surface area contributed by atoms with Crippen LogP contribution in [0.4, 0.5) is 18.0 Å². The van der Waals surface area contributed by atoms with Crippen molar-refractivity contribution in [2.45, 2.75) is 76.5 Å². The van der Waals surface area contributed by atoms with Gasteiger partial charge in [-0.3, -0.25) is 9.48 Å². The van der Waals surface area contributed by atoms with E-state index in [9.17, 15) is 27.9 Å². The predicted molar refractivity (Wildman–Crippen MR) is 140 cm³/mol. The van der Waals surface area contributed by atoms with Crippen molar-refractivity contribution >= 4 is 23.0 Å². The third-order valence-corrected chi connectivity index (χ3v) is 8.20. The van der Waals surface area contributed by atoms with Crippen molar-refractivity contribution in [1.29, 1.82) is 0 Å². The van der Waals surface area contributed by atoms with Gasteiger partial charge >= 0.3 is 12.2 Å². The molecule has 1 aliphatic heterocycles. The Morgan fingerprint density at radius 3 is 2.59 bits per heavy atom. The van der Waals surface area contributed by atoms with Gasteiger partial charge in [-0.15, -0.1) is 0 Å². The summed E-state index contributed by atoms with van der Waals surface area (Å²) in [6.07, 6.45) is 1.33. The fourth-order valence-electron chi connectivity index (χ4n) is 5.80. The summed E-state index contributed by atoms with van der Waals surface area (Å²) in [6, 6.07) is 3.64. The summed E-state index contributed by atoms with van der Waals surface area (Å²) in [4.78, 5) is 31.5. The zero-order valence-corrected chi connectivity index (χ0v) is 22.6. The van der Waals surface area contributed by atoms with E-state index in [4.69, 9.17) is 9.40 Å². The molecule has 0 radical (unpaired) electrons. The Balaban J connectivity index is 1.24. The van der Waals surface area contributed by atoms with Gasteiger partial charge in [0.15, 0.2) is 5.58 Å². The molecule has 0 spiro atoms. The van der Waals surface area contributed by atoms with E-state index in [1.165, 1.54) is 0 Å². The van der Waals surface area contributed by atoms with Crippen LogP contribution in [0.3, 0.4) is 0 Å². The smallest absolute Gasteiger partial charge is 0.410 e. The van der Waals surface area contributed by atoms with E-state index in [0.29, 0.717) is 53.0 Å². The number of oxazole rings is 1. The molecule has 6 rings (SSSR count). The maximum absolute atomic E-state index is 13.5. The standard InChI is InChI=1S/C28H33F3N6O4/c1-15(38)9-11-37-20(8-10-32-37)25(39)35-24(23(17-3-4-17)18-5-6-18)26-33-19-12-16(2-7-21(19)41-26)13-36-14-22(28(29,30)31)34-27(36)40/h2,7-8,10,12,15,17-18,22-24,38H,3-6,9,11,13-14H2,1H3,(H,34,40)(H,35,39)/t15-,22?,24?/m1/s1. The van der Waals surface area contributed by atoms with Gasteiger partial charge in [0, 0.05) is 19.3 Å². The Morgan fingerprint density at radius 2 is 1.95 bits per heavy atom. The molecule has 3 aliphatic rings. The molecule has 3 fully saturated rings. The van der Waals surface area contributed by atoms with Crippen molar-refractivity contribution in [3.63, 3.8) is 0 Å². The van der Waals surface area contributed by atoms with Gasteiger partial charge in [-0.25, -0.2) is 9.78 Å². The number of carbonyl (C=O) groups excluding carboxylic acids is 2. The molecule has 2 unspecified atom stereocenters. The van der Waals surface area contributed by atoms with Crippen LogP contribution < -0.4 is 10.6 Å². The maximum Gasteiger partial charge on any atom is 0.410 e. The van der Waals surface area contributed by atoms with Crippen molar-refractivity contribution in [2.75, 3.05) is 6.54 Å². The molecule has 3 N–H and O–H groups in total. The number of urea groups is 1. The van der Waals surface area contributed by atoms with Gasteiger partial charge < -0.3 is 25.1 Å². The molecule has 0 bridgehead atoms. The highest BCUT2D eigenvalue weighted by atomic mass is 19.4. The van der Waals surface area contributed by atoms with E-state index in [1.54, 1.807) is 42.1 Å². The molecule has 220 valence electrons. The SMILES string of the molecule is C[C@@H](O)CCn1nccc1C(=O)NC(c1nc2cc(CN3CC(C(F)(F)F)NC3=O)ccc2o1)C(C1CC1)C1CC1. The Kier molecular flexibility index (Phi) is 7.16. The molecule has 3 amide bonds. The molecule has 2 aromatic heterocycles. The maximum atomic E-state index is 13.5. The molecular weight excluding hydrogens is 541 g/mol. The summed E-state index contributed by atoms with van der Waals surface area (Å²) in [7, 11) is 0. The summed E-state index contributed by atoms with van der Waals surface area (Å²) < 4.78 is 47.0. The average Bonchev–Trinajstić information content (AvgIpc) is 3.80. The molecular formula is C28H33F3N6O4. The Hall–Kier alpha value is -3.61. The average molecular weight is 575 g/mol. The number of aliphatic hydroxyl groups excluding tert-OH is 1. The number of nitrogens with zero attached hydrogens (tertiary/aromatic N) is 4. The second kappa shape index (κ2) is 10.7. The lowest BCUT2D eigenvalue weighted by molar-refractivity contribution is -0.149. The van der Waals surface area contributed by atoms with Gasteiger partial charge in [0.2, 0.25) is 5.89 Å². The van der Waals surface area contributed by atoms with E-state index in [1.807, 2.05) is 5.32 Å². The van der Waals surface area contributed by atoms with Gasteiger partial charge in [0.1, 0.15) is 23.3 Å². The predicted octanol–water partition coefficient (Wildman–Crippen LogP) is 4.16. The summed E-state index contributed by atoms with van der Waals surface area (Å²) in [5.41, 5.74) is 2.02. The molecule has 3 heterocycles. The molecule has 41 heavy (non-hydrogen) atoms. The van der Waals surface area contributed by atoms with Crippen LogP contribution in [0.1, 0.15) is 67.0 Å². The molecule has 13 heteroatoms. The van der Waals surface area contributed by atoms with Gasteiger partial charge in [-0.2, -0.15) is 18.3 Å². The third kappa shape index (κ3) is 6.04. The molecule has 1 aromatic carbocycles. The molecule has 10 nitrogen and oxygen atoms in total. The van der Waals surface area contributed by atoms with Crippen molar-refractivity contribution in [3.8, 4) is 0 Å². The number of amides is 3. The normalized spacial score (nSPS) is 21.0. The summed E-state index contributed by atoms with van der Waals surface area (Å²) in [5.74, 6) is 1.20. The lowest BCUT2D eigenvalue weighted by Crippen LogP contribution is -2.40. The van der Waals surface area contributed by atoms with Gasteiger partial charge in [0.05, 0.1) is 12.6 Å². The van der Waals surface area contributed by atoms with Crippen LogP contribution in [0.2, 0.25) is 0 Å². The van der Waals surface area contributed by atoms with Crippen LogP contribution in [0.15, 0.2) is 34.9 Å². The number of alkyl halides is 3. The first kappa shape index (κ1) is 27.6. The quantitative estimate of drug-likeness (QED) is 0.316. The molecule has 2 saturated carbocycles. The summed E-state index contributed by atoms with van der Waals surface area (Å²) >= 11 is 0. The second-order valence-electron chi connectivity index (χ2n) is 11.6. The number of hydrogen-bond donors (Lipinski definition) is 3. The summed E-state index contributed by atoms with van der Waals surface area (Å²) in [5, 5.41) is 19.1. The number of aryl methyl sites for hydroxylation is 1. The van der Waals surface area contributed by atoms with Crippen LogP contribution in [0, 0.1) is 17.8 Å². The first-order valence-corrected chi connectivity index (χ1v) is 14.1. The van der Waals surface area contributed by atoms with E-state index in [2.05, 4.69) is 10.4 Å². The second-order valence-corrected chi connectivity index (χ2v) is 11.6. The number of carbonyl (C=O) groups is 2. The van der Waals surface area contributed by atoms with Crippen LogP contribution >= 0.6 is 0 Å². The number of halogens is 3. The molecule has 1 saturated heterocycles. The van der Waals surface area contributed by atoms with Gasteiger partial charge in [-0.05, 0) is 80.5 Å². The monoisotopic (exact) mass is 574 g/mol. The van der Waals surface area contributed by atoms with Crippen molar-refractivity contribution in [3.05, 3.63) is 47.6 Å². The Labute approximate surface area is 234 Å². The van der Waals surface area contributed by atoms with E-state index in [-0.39, 0.29) is 18.4 Å². The Bertz CT molecular complexity index is 1420. The number of benzene rings is 1. The van der Waals surface area contributed by atoms with Crippen LogP contribution in [-0.2, 0) is 13.1 Å². The zero-order valence-electron chi connectivity index (χ0n) is 22.6. The Morgan fingerprint density at radius 1 is 1.22 bits per heavy atom. The van der Waals surface area contributed by atoms with Gasteiger partial charge in [-0.1, -0.05) is 6.07 Å². The topological polar surface area (TPSA) is 126 Å². The van der Waals surface area contributed by atoms with Crippen molar-refractivity contribution in [2.24, 2.45) is 17.8 Å². The molecule has 2 aliphatic carbocycles. The summed E-state index contributed by atoms with van der Waals surface area (Å²) in [6.45, 7) is 1.63. The van der Waals surface area contributed by atoms with Crippen LogP contribution in [-0.4, -0.2) is 61.6 Å². The first-order chi connectivity index (χ1) is 19.6. The minimum absolute atomic E-state index is 0.0000686. The number of aliphatic hydroxyl groups is 1. The third-order valence-electron chi connectivity index (χ3n) is 8.20. The van der Waals surface area contributed by atoms with Crippen LogP contribution in [0.25, 0.3) is 11.1 Å². The van der Waals surface area contributed by atoms with Crippen molar-refractivity contribution in [1.82, 2.24) is 30.3 Å². The minimum Gasteiger partial charge on any atom is -0.438 e. The highest BCUT2D eigenvalue weighted by Gasteiger charge is 2.49. The number of nitrogens with one attached hydrogen (secondary N) is 2. The van der Waals surface area contributed by atoms with E-state index < -0.39 is 36.9 Å². The fourth-order valence-corrected chi connectivity index (χ4v) is 5.80. The number of fused-ring (bicyclic) bond motifs is 1. The highest BCUT2D eigenvalue weighted by Crippen LogP contribution is 2.54. The fraction of sp³-hybridized carbons (Fsp3) is 0.571. The van der Waals surface area contributed by atoms with Crippen molar-refractivity contribution < 1.29 is 32.3 Å². The largest absolute Gasteiger partial charge is 0.438 e. The first-order valence-electron chi connectivity index (χ1n) is 14.1.